The zero-order valence-corrected chi connectivity index (χ0v) is 37.1. The van der Waals surface area contributed by atoms with E-state index in [1.165, 1.54) is 76.2 Å². The van der Waals surface area contributed by atoms with Crippen molar-refractivity contribution in [2.45, 2.75) is 40.9 Å². The number of anilines is 6. The summed E-state index contributed by atoms with van der Waals surface area (Å²) >= 11 is 0. The van der Waals surface area contributed by atoms with Gasteiger partial charge in [0.25, 0.3) is 11.8 Å². The van der Waals surface area contributed by atoms with Crippen molar-refractivity contribution in [3.8, 4) is 0 Å². The van der Waals surface area contributed by atoms with Gasteiger partial charge in [0.05, 0.1) is 11.1 Å². The monoisotopic (exact) mass is 916 g/mol. The van der Waals surface area contributed by atoms with Crippen molar-refractivity contribution in [1.29, 1.82) is 0 Å². The molecular weight excluding hydrogens is 873 g/mol. The first-order chi connectivity index (χ1) is 32.5. The van der Waals surface area contributed by atoms with Crippen LogP contribution in [0, 0.1) is 0 Å². The molecule has 0 atom stereocenters. The number of rotatable bonds is 16. The Kier molecular flexibility index (Phi) is 16.0. The first-order valence-electron chi connectivity index (χ1n) is 20.7. The fourth-order valence-corrected chi connectivity index (χ4v) is 6.25. The molecule has 0 aliphatic heterocycles. The summed E-state index contributed by atoms with van der Waals surface area (Å²) in [5, 5.41) is 15.8. The number of ether oxygens (including phenoxy) is 2. The van der Waals surface area contributed by atoms with Crippen molar-refractivity contribution in [3.05, 3.63) is 166 Å². The van der Waals surface area contributed by atoms with Crippen LogP contribution in [-0.4, -0.2) is 57.3 Å². The van der Waals surface area contributed by atoms with Gasteiger partial charge in [0, 0.05) is 50.2 Å². The number of hydrogen-bond acceptors (Lipinski definition) is 12. The fraction of sp³-hybridized carbons (Fsp3) is 0.120. The van der Waals surface area contributed by atoms with Crippen molar-refractivity contribution >= 4 is 94.2 Å². The molecule has 4 aromatic carbocycles. The number of nitrogens with one attached hydrogen (secondary N) is 6. The lowest BCUT2D eigenvalue weighted by Crippen LogP contribution is -2.13. The number of esters is 2. The van der Waals surface area contributed by atoms with E-state index in [4.69, 9.17) is 9.47 Å². The molecule has 6 amide bonds. The second-order valence-corrected chi connectivity index (χ2v) is 15.0. The number of pyridine rings is 2. The molecule has 0 aliphatic rings. The number of carbonyl (C=O) groups is 8. The van der Waals surface area contributed by atoms with Crippen LogP contribution >= 0.6 is 0 Å². The van der Waals surface area contributed by atoms with Crippen molar-refractivity contribution in [2.75, 3.05) is 31.9 Å². The molecule has 2 heterocycles. The quantitative estimate of drug-likeness (QED) is 0.0404. The average Bonchev–Trinajstić information content (AvgIpc) is 3.29. The predicted molar refractivity (Wildman–Crippen MR) is 255 cm³/mol. The summed E-state index contributed by atoms with van der Waals surface area (Å²) in [4.78, 5) is 106. The highest BCUT2D eigenvalue weighted by Gasteiger charge is 2.14. The molecule has 0 spiro atoms. The number of carbonyl (C=O) groups excluding carboxylic acids is 8. The Labute approximate surface area is 389 Å². The maximum absolute atomic E-state index is 13.0. The Morgan fingerprint density at radius 1 is 0.397 bits per heavy atom. The lowest BCUT2D eigenvalue weighted by molar-refractivity contribution is -0.115. The smallest absolute Gasteiger partial charge is 0.338 e. The molecule has 18 nitrogen and oxygen atoms in total. The van der Waals surface area contributed by atoms with Gasteiger partial charge < -0.3 is 41.4 Å². The highest BCUT2D eigenvalue weighted by molar-refractivity contribution is 6.05. The van der Waals surface area contributed by atoms with Crippen LogP contribution < -0.4 is 31.9 Å². The predicted octanol–water partition coefficient (Wildman–Crippen LogP) is 7.70. The molecular formula is C50H44N8O10. The highest BCUT2D eigenvalue weighted by atomic mass is 16.5. The minimum atomic E-state index is -0.628. The van der Waals surface area contributed by atoms with E-state index in [9.17, 15) is 38.4 Å². The summed E-state index contributed by atoms with van der Waals surface area (Å²) in [6, 6.07) is 32.3. The summed E-state index contributed by atoms with van der Waals surface area (Å²) in [6.07, 6.45) is 3.73. The van der Waals surface area contributed by atoms with Gasteiger partial charge in [0.15, 0.2) is 0 Å². The lowest BCUT2D eigenvalue weighted by Gasteiger charge is -2.11. The van der Waals surface area contributed by atoms with Gasteiger partial charge in [-0.3, -0.25) is 28.8 Å². The Bertz CT molecular complexity index is 2650. The van der Waals surface area contributed by atoms with Gasteiger partial charge in [0.2, 0.25) is 23.6 Å². The molecule has 0 saturated heterocycles. The maximum atomic E-state index is 13.0. The third kappa shape index (κ3) is 14.6. The third-order valence-electron chi connectivity index (χ3n) is 9.30. The SMILES string of the molecule is CC(=O)Nc1cc(COC(=O)c2ccc(NC(=O)c3ccc(/C=C/c4ccc(C(=O)Nc5ccc(C(=O)OCc6cc(NC(C)=O)nc(NC(C)=O)c6)cc5)cc4)cc3)cc2)cc(NC(C)=O)n1. The van der Waals surface area contributed by atoms with Gasteiger partial charge >= 0.3 is 11.9 Å². The molecule has 2 aromatic heterocycles. The molecule has 0 saturated carbocycles. The first kappa shape index (κ1) is 48.1. The van der Waals surface area contributed by atoms with Crippen LogP contribution in [0.4, 0.5) is 34.6 Å². The van der Waals surface area contributed by atoms with Crippen LogP contribution in [0.25, 0.3) is 12.2 Å². The number of hydrogen-bond donors (Lipinski definition) is 6. The van der Waals surface area contributed by atoms with E-state index in [2.05, 4.69) is 41.9 Å². The molecule has 0 radical (unpaired) electrons. The average molecular weight is 917 g/mol. The summed E-state index contributed by atoms with van der Waals surface area (Å²) in [5.41, 5.74) is 4.82. The largest absolute Gasteiger partial charge is 0.457 e. The normalized spacial score (nSPS) is 10.6. The number of benzene rings is 4. The van der Waals surface area contributed by atoms with Gasteiger partial charge in [-0.1, -0.05) is 36.4 Å². The molecule has 0 fully saturated rings. The summed E-state index contributed by atoms with van der Waals surface area (Å²) in [7, 11) is 0. The van der Waals surface area contributed by atoms with E-state index in [-0.39, 0.29) is 83.1 Å². The standard InChI is InChI=1S/C50H44N8O10/c1-29(59)51-43-23-35(24-44(57-43)52-30(2)60)27-67-49(65)39-15-19-41(20-16-39)55-47(63)37-11-7-33(8-12-37)5-6-34-9-13-38(14-10-34)48(64)56-42-21-17-40(18-22-42)50(66)68-28-36-25-45(53-31(3)61)58-46(26-36)54-32(4)62/h5-26H,27-28H2,1-4H3,(H,55,63)(H,56,64)(H2,51,52,57,59,60)(H2,53,54,58,61,62)/b6-5+. The molecule has 6 aromatic rings. The van der Waals surface area contributed by atoms with Crippen LogP contribution in [0.3, 0.4) is 0 Å². The van der Waals surface area contributed by atoms with Gasteiger partial charge in [-0.15, -0.1) is 0 Å². The minimum Gasteiger partial charge on any atom is -0.457 e. The van der Waals surface area contributed by atoms with Crippen LogP contribution in [-0.2, 0) is 41.9 Å². The lowest BCUT2D eigenvalue weighted by atomic mass is 10.1. The van der Waals surface area contributed by atoms with Gasteiger partial charge in [-0.25, -0.2) is 19.6 Å². The summed E-state index contributed by atoms with van der Waals surface area (Å²) < 4.78 is 10.9. The summed E-state index contributed by atoms with van der Waals surface area (Å²) in [5.74, 6) is -2.67. The Morgan fingerprint density at radius 3 is 0.956 bits per heavy atom. The van der Waals surface area contributed by atoms with Crippen LogP contribution in [0.5, 0.6) is 0 Å². The van der Waals surface area contributed by atoms with Crippen molar-refractivity contribution in [2.24, 2.45) is 0 Å². The van der Waals surface area contributed by atoms with Crippen LogP contribution in [0.1, 0.15) is 91.4 Å². The third-order valence-corrected chi connectivity index (χ3v) is 9.30. The fourth-order valence-electron chi connectivity index (χ4n) is 6.25. The molecule has 6 N–H and O–H groups in total. The Balaban J connectivity index is 0.953. The van der Waals surface area contributed by atoms with Crippen molar-refractivity contribution in [3.63, 3.8) is 0 Å². The zero-order chi connectivity index (χ0) is 48.7. The van der Waals surface area contributed by atoms with Crippen molar-refractivity contribution < 1.29 is 47.8 Å². The molecule has 344 valence electrons. The van der Waals surface area contributed by atoms with E-state index >= 15 is 0 Å². The van der Waals surface area contributed by atoms with E-state index in [1.807, 2.05) is 12.2 Å². The topological polar surface area (TPSA) is 253 Å². The number of aromatic nitrogens is 2. The van der Waals surface area contributed by atoms with E-state index in [0.29, 0.717) is 33.6 Å². The second-order valence-electron chi connectivity index (χ2n) is 15.0. The van der Waals surface area contributed by atoms with Crippen molar-refractivity contribution in [1.82, 2.24) is 9.97 Å². The minimum absolute atomic E-state index is 0.160. The molecule has 0 aliphatic carbocycles. The second kappa shape index (κ2) is 22.5. The summed E-state index contributed by atoms with van der Waals surface area (Å²) in [6.45, 7) is 4.94. The van der Waals surface area contributed by atoms with Crippen LogP contribution in [0.2, 0.25) is 0 Å². The maximum Gasteiger partial charge on any atom is 0.338 e. The van der Waals surface area contributed by atoms with Crippen LogP contribution in [0.15, 0.2) is 121 Å². The highest BCUT2D eigenvalue weighted by Crippen LogP contribution is 2.21. The Hall–Kier alpha value is -9.32. The molecule has 0 unspecified atom stereocenters. The Morgan fingerprint density at radius 2 is 0.676 bits per heavy atom. The van der Waals surface area contributed by atoms with Gasteiger partial charge in [-0.05, 0) is 119 Å². The van der Waals surface area contributed by atoms with E-state index in [0.717, 1.165) is 11.1 Å². The molecule has 0 bridgehead atoms. The molecule has 6 rings (SSSR count). The molecule has 68 heavy (non-hydrogen) atoms. The first-order valence-corrected chi connectivity index (χ1v) is 20.7. The van der Waals surface area contributed by atoms with Gasteiger partial charge in [-0.2, -0.15) is 0 Å². The zero-order valence-electron chi connectivity index (χ0n) is 37.1. The van der Waals surface area contributed by atoms with E-state index in [1.54, 1.807) is 72.8 Å². The number of amides is 6. The number of nitrogens with zero attached hydrogens (tertiary/aromatic N) is 2. The molecule has 18 heteroatoms. The van der Waals surface area contributed by atoms with Gasteiger partial charge in [0.1, 0.15) is 36.5 Å². The van der Waals surface area contributed by atoms with E-state index < -0.39 is 11.9 Å².